The fourth-order valence-corrected chi connectivity index (χ4v) is 2.32. The average Bonchev–Trinajstić information content (AvgIpc) is 2.67. The molecule has 138 valence electrons. The van der Waals surface area contributed by atoms with Crippen molar-refractivity contribution >= 4 is 11.9 Å². The zero-order chi connectivity index (χ0) is 18.8. The molecule has 0 aliphatic rings. The van der Waals surface area contributed by atoms with E-state index < -0.39 is 0 Å². The summed E-state index contributed by atoms with van der Waals surface area (Å²) in [5.41, 5.74) is 1.73. The van der Waals surface area contributed by atoms with E-state index in [0.29, 0.717) is 30.9 Å². The zero-order valence-corrected chi connectivity index (χ0v) is 15.5. The predicted octanol–water partition coefficient (Wildman–Crippen LogP) is 2.13. The average molecular weight is 354 g/mol. The molecule has 1 amide bonds. The van der Waals surface area contributed by atoms with Crippen LogP contribution in [0.5, 0.6) is 5.75 Å². The van der Waals surface area contributed by atoms with E-state index in [1.54, 1.807) is 25.3 Å². The lowest BCUT2D eigenvalue weighted by atomic mass is 10.2. The Morgan fingerprint density at radius 3 is 2.46 bits per heavy atom. The Bertz CT molecular complexity index is 730. The molecular formula is C20H26N4O2. The molecule has 0 bridgehead atoms. The molecule has 6 heteroatoms. The van der Waals surface area contributed by atoms with Gasteiger partial charge in [0.25, 0.3) is 5.91 Å². The summed E-state index contributed by atoms with van der Waals surface area (Å²) in [7, 11) is 5.45. The van der Waals surface area contributed by atoms with Gasteiger partial charge in [-0.15, -0.1) is 0 Å². The number of aliphatic imine (C=N–C) groups is 1. The summed E-state index contributed by atoms with van der Waals surface area (Å²) in [6.07, 6.45) is 0. The van der Waals surface area contributed by atoms with Crippen LogP contribution in [0.25, 0.3) is 0 Å². The van der Waals surface area contributed by atoms with Crippen molar-refractivity contribution in [2.45, 2.75) is 6.54 Å². The largest absolute Gasteiger partial charge is 0.497 e. The van der Waals surface area contributed by atoms with Gasteiger partial charge < -0.3 is 20.3 Å². The second-order valence-electron chi connectivity index (χ2n) is 5.93. The molecule has 0 aromatic heterocycles. The van der Waals surface area contributed by atoms with Crippen LogP contribution in [0.15, 0.2) is 59.6 Å². The number of nitrogens with zero attached hydrogens (tertiary/aromatic N) is 2. The second kappa shape index (κ2) is 10.1. The van der Waals surface area contributed by atoms with Crippen LogP contribution in [0.4, 0.5) is 0 Å². The molecule has 0 aliphatic carbocycles. The van der Waals surface area contributed by atoms with E-state index in [2.05, 4.69) is 15.6 Å². The van der Waals surface area contributed by atoms with Crippen molar-refractivity contribution in [1.29, 1.82) is 0 Å². The van der Waals surface area contributed by atoms with Crippen LogP contribution >= 0.6 is 0 Å². The molecule has 2 rings (SSSR count). The smallest absolute Gasteiger partial charge is 0.251 e. The molecule has 2 aromatic carbocycles. The fraction of sp³-hybridized carbons (Fsp3) is 0.300. The third-order valence-corrected chi connectivity index (χ3v) is 3.70. The van der Waals surface area contributed by atoms with Crippen molar-refractivity contribution in [2.75, 3.05) is 34.3 Å². The Morgan fingerprint density at radius 2 is 1.77 bits per heavy atom. The molecule has 0 unspecified atom stereocenters. The summed E-state index contributed by atoms with van der Waals surface area (Å²) in [6, 6.07) is 17.2. The van der Waals surface area contributed by atoms with Crippen molar-refractivity contribution in [3.05, 3.63) is 65.7 Å². The number of guanidine groups is 1. The lowest BCUT2D eigenvalue weighted by Crippen LogP contribution is -2.41. The monoisotopic (exact) mass is 354 g/mol. The maximum atomic E-state index is 12.2. The van der Waals surface area contributed by atoms with Crippen LogP contribution in [-0.2, 0) is 6.54 Å². The minimum absolute atomic E-state index is 0.127. The van der Waals surface area contributed by atoms with Crippen molar-refractivity contribution in [2.24, 2.45) is 4.99 Å². The van der Waals surface area contributed by atoms with Crippen molar-refractivity contribution in [3.8, 4) is 5.75 Å². The molecule has 0 radical (unpaired) electrons. The van der Waals surface area contributed by atoms with E-state index in [9.17, 15) is 4.79 Å². The summed E-state index contributed by atoms with van der Waals surface area (Å²) in [5.74, 6) is 1.32. The van der Waals surface area contributed by atoms with Crippen LogP contribution in [-0.4, -0.2) is 51.1 Å². The van der Waals surface area contributed by atoms with Crippen LogP contribution in [0, 0.1) is 0 Å². The number of hydrogen-bond donors (Lipinski definition) is 2. The molecule has 0 spiro atoms. The van der Waals surface area contributed by atoms with E-state index >= 15 is 0 Å². The third kappa shape index (κ3) is 6.12. The highest BCUT2D eigenvalue weighted by atomic mass is 16.5. The number of methoxy groups -OCH3 is 1. The first-order chi connectivity index (χ1) is 12.6. The first kappa shape index (κ1) is 19.3. The Labute approximate surface area is 154 Å². The fourth-order valence-electron chi connectivity index (χ4n) is 2.32. The van der Waals surface area contributed by atoms with Crippen molar-refractivity contribution in [1.82, 2.24) is 15.5 Å². The summed E-state index contributed by atoms with van der Waals surface area (Å²) < 4.78 is 5.14. The van der Waals surface area contributed by atoms with E-state index in [1.807, 2.05) is 55.4 Å². The Hall–Kier alpha value is -3.02. The number of carbonyl (C=O) groups is 1. The van der Waals surface area contributed by atoms with E-state index in [0.717, 1.165) is 11.5 Å². The summed E-state index contributed by atoms with van der Waals surface area (Å²) >= 11 is 0. The number of ether oxygens (including phenoxy) is 1. The highest BCUT2D eigenvalue weighted by Crippen LogP contribution is 2.12. The summed E-state index contributed by atoms with van der Waals surface area (Å²) in [6.45, 7) is 1.69. The summed E-state index contributed by atoms with van der Waals surface area (Å²) in [4.78, 5) is 18.7. The molecule has 0 fully saturated rings. The minimum atomic E-state index is -0.127. The molecule has 0 saturated carbocycles. The Kier molecular flexibility index (Phi) is 7.49. The van der Waals surface area contributed by atoms with Gasteiger partial charge in [-0.2, -0.15) is 0 Å². The van der Waals surface area contributed by atoms with Crippen LogP contribution in [0.3, 0.4) is 0 Å². The van der Waals surface area contributed by atoms with Crippen LogP contribution in [0.2, 0.25) is 0 Å². The zero-order valence-electron chi connectivity index (χ0n) is 15.5. The number of hydrogen-bond acceptors (Lipinski definition) is 3. The topological polar surface area (TPSA) is 66.0 Å². The van der Waals surface area contributed by atoms with Gasteiger partial charge in [-0.3, -0.25) is 4.79 Å². The lowest BCUT2D eigenvalue weighted by Gasteiger charge is -2.18. The van der Waals surface area contributed by atoms with Gasteiger partial charge in [0.05, 0.1) is 13.7 Å². The normalized spacial score (nSPS) is 11.0. The van der Waals surface area contributed by atoms with E-state index in [1.165, 1.54) is 0 Å². The minimum Gasteiger partial charge on any atom is -0.497 e. The summed E-state index contributed by atoms with van der Waals surface area (Å²) in [5, 5.41) is 6.14. The standard InChI is InChI=1S/C20H26N4O2/c1-24(2)20(23-15-16-8-5-4-6-9-16)22-13-12-21-19(25)17-10-7-11-18(14-17)26-3/h4-11,14H,12-13,15H2,1-3H3,(H,21,25)(H,22,23). The van der Waals surface area contributed by atoms with Gasteiger partial charge in [-0.1, -0.05) is 36.4 Å². The van der Waals surface area contributed by atoms with Gasteiger partial charge in [0, 0.05) is 32.7 Å². The van der Waals surface area contributed by atoms with Gasteiger partial charge >= 0.3 is 0 Å². The van der Waals surface area contributed by atoms with E-state index in [4.69, 9.17) is 4.74 Å². The second-order valence-corrected chi connectivity index (χ2v) is 5.93. The molecule has 2 N–H and O–H groups in total. The molecule has 6 nitrogen and oxygen atoms in total. The van der Waals surface area contributed by atoms with Crippen molar-refractivity contribution in [3.63, 3.8) is 0 Å². The van der Waals surface area contributed by atoms with E-state index in [-0.39, 0.29) is 5.91 Å². The number of carbonyl (C=O) groups excluding carboxylic acids is 1. The maximum Gasteiger partial charge on any atom is 0.251 e. The molecule has 0 heterocycles. The highest BCUT2D eigenvalue weighted by Gasteiger charge is 2.06. The molecule has 0 aliphatic heterocycles. The highest BCUT2D eigenvalue weighted by molar-refractivity contribution is 5.94. The first-order valence-electron chi connectivity index (χ1n) is 8.52. The Balaban J connectivity index is 1.81. The van der Waals surface area contributed by atoms with Gasteiger partial charge in [0.2, 0.25) is 0 Å². The molecule has 26 heavy (non-hydrogen) atoms. The number of benzene rings is 2. The number of amides is 1. The van der Waals surface area contributed by atoms with Crippen molar-refractivity contribution < 1.29 is 9.53 Å². The van der Waals surface area contributed by atoms with Crippen LogP contribution < -0.4 is 15.4 Å². The van der Waals surface area contributed by atoms with Gasteiger partial charge in [0.15, 0.2) is 5.96 Å². The SMILES string of the molecule is COc1cccc(C(=O)NCCNC(=NCc2ccccc2)N(C)C)c1. The predicted molar refractivity (Wildman–Crippen MR) is 105 cm³/mol. The molecule has 0 atom stereocenters. The number of nitrogens with one attached hydrogen (secondary N) is 2. The third-order valence-electron chi connectivity index (χ3n) is 3.70. The molecule has 0 saturated heterocycles. The quantitative estimate of drug-likeness (QED) is 0.454. The number of rotatable bonds is 7. The van der Waals surface area contributed by atoms with Crippen LogP contribution in [0.1, 0.15) is 15.9 Å². The van der Waals surface area contributed by atoms with Gasteiger partial charge in [0.1, 0.15) is 5.75 Å². The first-order valence-corrected chi connectivity index (χ1v) is 8.52. The van der Waals surface area contributed by atoms with Gasteiger partial charge in [-0.25, -0.2) is 4.99 Å². The molecular weight excluding hydrogens is 328 g/mol. The lowest BCUT2D eigenvalue weighted by molar-refractivity contribution is 0.0954. The maximum absolute atomic E-state index is 12.2. The van der Waals surface area contributed by atoms with Gasteiger partial charge in [-0.05, 0) is 23.8 Å². The molecule has 2 aromatic rings. The Morgan fingerprint density at radius 1 is 1.04 bits per heavy atom.